The van der Waals surface area contributed by atoms with Crippen molar-refractivity contribution in [2.75, 3.05) is 0 Å². The molecule has 2 N–H and O–H groups in total. The van der Waals surface area contributed by atoms with Crippen molar-refractivity contribution in [3.63, 3.8) is 0 Å². The molecule has 0 amide bonds. The van der Waals surface area contributed by atoms with E-state index in [0.29, 0.717) is 10.4 Å². The van der Waals surface area contributed by atoms with E-state index in [-0.39, 0.29) is 18.1 Å². The molecule has 3 nitrogen and oxygen atoms in total. The molecule has 17 heavy (non-hydrogen) atoms. The van der Waals surface area contributed by atoms with Crippen LogP contribution in [0.4, 0.5) is 0 Å². The van der Waals surface area contributed by atoms with Crippen molar-refractivity contribution in [1.82, 2.24) is 0 Å². The van der Waals surface area contributed by atoms with Gasteiger partial charge in [-0.1, -0.05) is 11.8 Å². The zero-order valence-corrected chi connectivity index (χ0v) is 11.0. The fourth-order valence-electron chi connectivity index (χ4n) is 2.74. The molecular weight excluding hydrogens is 236 g/mol. The van der Waals surface area contributed by atoms with Gasteiger partial charge in [-0.2, -0.15) is 0 Å². The maximum Gasteiger partial charge on any atom is 0.192 e. The molecule has 98 valence electrons. The molecule has 0 unspecified atom stereocenters. The highest BCUT2D eigenvalue weighted by atomic mass is 32.2. The second kappa shape index (κ2) is 6.21. The highest BCUT2D eigenvalue weighted by Crippen LogP contribution is 2.34. The Balaban J connectivity index is 1.73. The Bertz CT molecular complexity index is 253. The minimum absolute atomic E-state index is 0.147. The van der Waals surface area contributed by atoms with Crippen molar-refractivity contribution < 1.29 is 15.0 Å². The van der Waals surface area contributed by atoms with Crippen LogP contribution in [0.2, 0.25) is 0 Å². The topological polar surface area (TPSA) is 57.5 Å². The summed E-state index contributed by atoms with van der Waals surface area (Å²) in [4.78, 5) is 12.1. The lowest BCUT2D eigenvalue weighted by atomic mass is 9.88. The van der Waals surface area contributed by atoms with E-state index in [1.807, 2.05) is 0 Å². The van der Waals surface area contributed by atoms with Crippen molar-refractivity contribution in [2.24, 2.45) is 5.92 Å². The number of hydrogen-bond acceptors (Lipinski definition) is 4. The third-order valence-corrected chi connectivity index (χ3v) is 5.33. The number of thioether (sulfide) groups is 1. The van der Waals surface area contributed by atoms with E-state index in [2.05, 4.69) is 0 Å². The molecule has 2 rings (SSSR count). The predicted molar refractivity (Wildman–Crippen MR) is 68.8 cm³/mol. The smallest absolute Gasteiger partial charge is 0.192 e. The van der Waals surface area contributed by atoms with Gasteiger partial charge in [0.25, 0.3) is 0 Å². The van der Waals surface area contributed by atoms with Gasteiger partial charge < -0.3 is 10.2 Å². The van der Waals surface area contributed by atoms with Crippen molar-refractivity contribution in [3.05, 3.63) is 0 Å². The van der Waals surface area contributed by atoms with Gasteiger partial charge in [0.15, 0.2) is 5.12 Å². The summed E-state index contributed by atoms with van der Waals surface area (Å²) in [5.74, 6) is 0.162. The van der Waals surface area contributed by atoms with Crippen LogP contribution < -0.4 is 0 Å². The van der Waals surface area contributed by atoms with Crippen molar-refractivity contribution >= 4 is 16.9 Å². The lowest BCUT2D eigenvalue weighted by Gasteiger charge is -2.28. The Labute approximate surface area is 107 Å². The summed E-state index contributed by atoms with van der Waals surface area (Å²) in [6, 6.07) is 0. The molecule has 0 atom stereocenters. The average molecular weight is 258 g/mol. The van der Waals surface area contributed by atoms with Gasteiger partial charge >= 0.3 is 0 Å². The summed E-state index contributed by atoms with van der Waals surface area (Å²) >= 11 is 1.50. The lowest BCUT2D eigenvalue weighted by molar-refractivity contribution is -0.115. The van der Waals surface area contributed by atoms with E-state index in [1.165, 1.54) is 11.8 Å². The Kier molecular flexibility index (Phi) is 4.88. The number of carbonyl (C=O) groups is 1. The fraction of sp³-hybridized carbons (Fsp3) is 0.923. The van der Waals surface area contributed by atoms with Gasteiger partial charge in [0.2, 0.25) is 0 Å². The van der Waals surface area contributed by atoms with Gasteiger partial charge in [0.05, 0.1) is 12.2 Å². The molecule has 0 aromatic carbocycles. The molecule has 0 saturated heterocycles. The minimum Gasteiger partial charge on any atom is -0.393 e. The maximum atomic E-state index is 12.1. The average Bonchev–Trinajstić information content (AvgIpc) is 2.33. The molecule has 2 aliphatic rings. The van der Waals surface area contributed by atoms with E-state index < -0.39 is 0 Å². The summed E-state index contributed by atoms with van der Waals surface area (Å²) in [7, 11) is 0. The standard InChI is InChI=1S/C13H22O3S/c14-10-3-1-9(2-4-10)13(16)17-12-7-5-11(15)6-8-12/h9-12,14-15H,1-8H2. The zero-order valence-electron chi connectivity index (χ0n) is 10.2. The maximum absolute atomic E-state index is 12.1. The van der Waals surface area contributed by atoms with Gasteiger partial charge in [-0.05, 0) is 51.4 Å². The Morgan fingerprint density at radius 1 is 0.824 bits per heavy atom. The Morgan fingerprint density at radius 2 is 1.29 bits per heavy atom. The highest BCUT2D eigenvalue weighted by molar-refractivity contribution is 8.14. The molecule has 2 fully saturated rings. The highest BCUT2D eigenvalue weighted by Gasteiger charge is 2.29. The molecular formula is C13H22O3S. The van der Waals surface area contributed by atoms with Crippen molar-refractivity contribution in [2.45, 2.75) is 68.8 Å². The molecule has 0 radical (unpaired) electrons. The largest absolute Gasteiger partial charge is 0.393 e. The monoisotopic (exact) mass is 258 g/mol. The first-order chi connectivity index (χ1) is 8.15. The van der Waals surface area contributed by atoms with Crippen LogP contribution in [0.1, 0.15) is 51.4 Å². The third-order valence-electron chi connectivity index (χ3n) is 3.96. The molecule has 0 aliphatic heterocycles. The number of carbonyl (C=O) groups excluding carboxylic acids is 1. The van der Waals surface area contributed by atoms with Gasteiger partial charge in [0, 0.05) is 11.2 Å². The summed E-state index contributed by atoms with van der Waals surface area (Å²) in [5.41, 5.74) is 0. The van der Waals surface area contributed by atoms with Crippen LogP contribution in [-0.2, 0) is 4.79 Å². The first-order valence-corrected chi connectivity index (χ1v) is 7.59. The number of hydrogen-bond donors (Lipinski definition) is 2. The molecule has 2 aliphatic carbocycles. The van der Waals surface area contributed by atoms with Gasteiger partial charge in [-0.25, -0.2) is 0 Å². The fourth-order valence-corrected chi connectivity index (χ4v) is 4.00. The van der Waals surface area contributed by atoms with Crippen molar-refractivity contribution in [1.29, 1.82) is 0 Å². The summed E-state index contributed by atoms with van der Waals surface area (Å²) in [5, 5.41) is 19.6. The number of aliphatic hydroxyl groups excluding tert-OH is 2. The SMILES string of the molecule is O=C(SC1CCC(O)CC1)C1CCC(O)CC1. The summed E-state index contributed by atoms with van der Waals surface area (Å²) < 4.78 is 0. The minimum atomic E-state index is -0.186. The first-order valence-electron chi connectivity index (χ1n) is 6.72. The summed E-state index contributed by atoms with van der Waals surface area (Å²) in [6.45, 7) is 0. The summed E-state index contributed by atoms with van der Waals surface area (Å²) in [6.07, 6.45) is 6.54. The van der Waals surface area contributed by atoms with E-state index in [1.54, 1.807) is 0 Å². The zero-order chi connectivity index (χ0) is 12.3. The van der Waals surface area contributed by atoms with Crippen LogP contribution in [0.15, 0.2) is 0 Å². The molecule has 4 heteroatoms. The van der Waals surface area contributed by atoms with E-state index in [0.717, 1.165) is 51.4 Å². The molecule has 0 aromatic rings. The van der Waals surface area contributed by atoms with Crippen LogP contribution >= 0.6 is 11.8 Å². The second-order valence-electron chi connectivity index (χ2n) is 5.37. The lowest BCUT2D eigenvalue weighted by Crippen LogP contribution is -2.26. The molecule has 0 spiro atoms. The predicted octanol–water partition coefficient (Wildman–Crippen LogP) is 2.10. The normalized spacial score (nSPS) is 38.9. The second-order valence-corrected chi connectivity index (χ2v) is 6.68. The Morgan fingerprint density at radius 3 is 1.82 bits per heavy atom. The van der Waals surface area contributed by atoms with Crippen LogP contribution in [-0.4, -0.2) is 32.8 Å². The van der Waals surface area contributed by atoms with Crippen LogP contribution in [0.25, 0.3) is 0 Å². The van der Waals surface area contributed by atoms with Crippen molar-refractivity contribution in [3.8, 4) is 0 Å². The van der Waals surface area contributed by atoms with E-state index in [9.17, 15) is 15.0 Å². The van der Waals surface area contributed by atoms with Gasteiger partial charge in [-0.15, -0.1) is 0 Å². The van der Waals surface area contributed by atoms with Gasteiger partial charge in [-0.3, -0.25) is 4.79 Å². The Hall–Kier alpha value is -0.0600. The van der Waals surface area contributed by atoms with E-state index in [4.69, 9.17) is 0 Å². The van der Waals surface area contributed by atoms with Crippen LogP contribution in [0, 0.1) is 5.92 Å². The molecule has 0 bridgehead atoms. The van der Waals surface area contributed by atoms with Crippen LogP contribution in [0.5, 0.6) is 0 Å². The number of rotatable bonds is 2. The molecule has 0 heterocycles. The number of aliphatic hydroxyl groups is 2. The quantitative estimate of drug-likeness (QED) is 0.796. The molecule has 0 aromatic heterocycles. The first kappa shape index (κ1) is 13.4. The van der Waals surface area contributed by atoms with E-state index >= 15 is 0 Å². The third kappa shape index (κ3) is 3.97. The van der Waals surface area contributed by atoms with Crippen LogP contribution in [0.3, 0.4) is 0 Å². The van der Waals surface area contributed by atoms with Gasteiger partial charge in [0.1, 0.15) is 0 Å². The molecule has 2 saturated carbocycles.